The Hall–Kier alpha value is -1.39. The van der Waals surface area contributed by atoms with Gasteiger partial charge in [0.2, 0.25) is 0 Å². The van der Waals surface area contributed by atoms with Crippen molar-refractivity contribution in [2.45, 2.75) is 25.5 Å². The van der Waals surface area contributed by atoms with Crippen LogP contribution in [0.25, 0.3) is 11.0 Å². The maximum atomic E-state index is 9.49. The lowest BCUT2D eigenvalue weighted by atomic mass is 10.1. The Labute approximate surface area is 100 Å². The molecule has 2 heterocycles. The van der Waals surface area contributed by atoms with Crippen molar-refractivity contribution >= 4 is 11.0 Å². The number of H-pyrrole nitrogens is 1. The summed E-state index contributed by atoms with van der Waals surface area (Å²) in [5, 5.41) is 9.49. The molecule has 1 aliphatic heterocycles. The number of imidazole rings is 1. The second-order valence-electron chi connectivity index (χ2n) is 4.72. The van der Waals surface area contributed by atoms with Crippen LogP contribution in [-0.2, 0) is 6.54 Å². The summed E-state index contributed by atoms with van der Waals surface area (Å²) in [5.41, 5.74) is 3.43. The summed E-state index contributed by atoms with van der Waals surface area (Å²) in [5.74, 6) is 0. The monoisotopic (exact) mass is 231 g/mol. The van der Waals surface area contributed by atoms with Gasteiger partial charge in [-0.15, -0.1) is 0 Å². The van der Waals surface area contributed by atoms with Crippen molar-refractivity contribution in [1.29, 1.82) is 0 Å². The number of benzene rings is 1. The van der Waals surface area contributed by atoms with Crippen LogP contribution in [0.2, 0.25) is 0 Å². The molecule has 0 atom stereocenters. The maximum Gasteiger partial charge on any atom is 0.0932 e. The minimum Gasteiger partial charge on any atom is -0.393 e. The van der Waals surface area contributed by atoms with Crippen molar-refractivity contribution in [3.63, 3.8) is 0 Å². The lowest BCUT2D eigenvalue weighted by Crippen LogP contribution is -2.35. The number of hydrogen-bond acceptors (Lipinski definition) is 3. The molecule has 3 rings (SSSR count). The lowest BCUT2D eigenvalue weighted by Gasteiger charge is -2.29. The Bertz CT molecular complexity index is 500. The molecule has 4 nitrogen and oxygen atoms in total. The zero-order chi connectivity index (χ0) is 11.7. The van der Waals surface area contributed by atoms with Gasteiger partial charge >= 0.3 is 0 Å². The predicted octanol–water partition coefficient (Wildman–Crippen LogP) is 1.52. The number of nitrogens with zero attached hydrogens (tertiary/aromatic N) is 2. The lowest BCUT2D eigenvalue weighted by molar-refractivity contribution is 0.0794. The van der Waals surface area contributed by atoms with Crippen LogP contribution in [0, 0.1) is 0 Å². The molecule has 90 valence electrons. The van der Waals surface area contributed by atoms with Crippen molar-refractivity contribution in [2.75, 3.05) is 13.1 Å². The number of aromatic amines is 1. The zero-order valence-corrected chi connectivity index (χ0v) is 9.76. The van der Waals surface area contributed by atoms with Gasteiger partial charge < -0.3 is 10.1 Å². The molecule has 0 aliphatic carbocycles. The molecule has 0 saturated carbocycles. The molecule has 2 N–H and O–H groups in total. The molecular formula is C13H17N3O. The average Bonchev–Trinajstić information content (AvgIpc) is 2.81. The third-order valence-corrected chi connectivity index (χ3v) is 3.48. The summed E-state index contributed by atoms with van der Waals surface area (Å²) >= 11 is 0. The minimum absolute atomic E-state index is 0.104. The molecule has 1 aliphatic rings. The number of aromatic nitrogens is 2. The highest BCUT2D eigenvalue weighted by molar-refractivity contribution is 5.78. The fourth-order valence-electron chi connectivity index (χ4n) is 2.47. The average molecular weight is 231 g/mol. The van der Waals surface area contributed by atoms with E-state index in [-0.39, 0.29) is 6.10 Å². The molecule has 1 aromatic carbocycles. The number of piperidine rings is 1. The van der Waals surface area contributed by atoms with Crippen LogP contribution in [0.5, 0.6) is 0 Å². The van der Waals surface area contributed by atoms with Crippen LogP contribution in [0.1, 0.15) is 18.4 Å². The first-order chi connectivity index (χ1) is 8.33. The first kappa shape index (κ1) is 10.7. The van der Waals surface area contributed by atoms with Gasteiger partial charge in [-0.1, -0.05) is 12.1 Å². The first-order valence-electron chi connectivity index (χ1n) is 6.14. The van der Waals surface area contributed by atoms with Crippen LogP contribution >= 0.6 is 0 Å². The van der Waals surface area contributed by atoms with E-state index in [4.69, 9.17) is 0 Å². The van der Waals surface area contributed by atoms with E-state index in [0.29, 0.717) is 0 Å². The van der Waals surface area contributed by atoms with E-state index >= 15 is 0 Å². The fourth-order valence-corrected chi connectivity index (χ4v) is 2.47. The predicted molar refractivity (Wildman–Crippen MR) is 66.6 cm³/mol. The Morgan fingerprint density at radius 2 is 2.18 bits per heavy atom. The summed E-state index contributed by atoms with van der Waals surface area (Å²) in [7, 11) is 0. The Balaban J connectivity index is 1.78. The largest absolute Gasteiger partial charge is 0.393 e. The van der Waals surface area contributed by atoms with Crippen molar-refractivity contribution in [1.82, 2.24) is 14.9 Å². The number of likely N-dealkylation sites (tertiary alicyclic amines) is 1. The number of nitrogens with one attached hydrogen (secondary N) is 1. The molecule has 2 aromatic rings. The number of aliphatic hydroxyl groups excluding tert-OH is 1. The van der Waals surface area contributed by atoms with E-state index in [2.05, 4.69) is 27.0 Å². The van der Waals surface area contributed by atoms with Crippen LogP contribution in [-0.4, -0.2) is 39.2 Å². The van der Waals surface area contributed by atoms with Gasteiger partial charge in [-0.2, -0.15) is 0 Å². The van der Waals surface area contributed by atoms with Gasteiger partial charge in [-0.3, -0.25) is 4.90 Å². The van der Waals surface area contributed by atoms with E-state index in [0.717, 1.165) is 43.5 Å². The van der Waals surface area contributed by atoms with E-state index in [1.807, 2.05) is 6.07 Å². The molecule has 0 bridgehead atoms. The van der Waals surface area contributed by atoms with E-state index in [1.165, 1.54) is 5.56 Å². The molecule has 0 amide bonds. The highest BCUT2D eigenvalue weighted by atomic mass is 16.3. The quantitative estimate of drug-likeness (QED) is 0.824. The fraction of sp³-hybridized carbons (Fsp3) is 0.462. The maximum absolute atomic E-state index is 9.49. The Morgan fingerprint density at radius 3 is 3.00 bits per heavy atom. The highest BCUT2D eigenvalue weighted by Crippen LogP contribution is 2.19. The van der Waals surface area contributed by atoms with Crippen molar-refractivity contribution in [2.24, 2.45) is 0 Å². The van der Waals surface area contributed by atoms with Gasteiger partial charge in [0.25, 0.3) is 0 Å². The van der Waals surface area contributed by atoms with E-state index in [1.54, 1.807) is 6.33 Å². The molecular weight excluding hydrogens is 214 g/mol. The van der Waals surface area contributed by atoms with E-state index < -0.39 is 0 Å². The van der Waals surface area contributed by atoms with Gasteiger partial charge in [-0.25, -0.2) is 4.98 Å². The highest BCUT2D eigenvalue weighted by Gasteiger charge is 2.17. The van der Waals surface area contributed by atoms with Crippen molar-refractivity contribution in [3.05, 3.63) is 30.1 Å². The van der Waals surface area contributed by atoms with Gasteiger partial charge in [0.05, 0.1) is 23.5 Å². The van der Waals surface area contributed by atoms with Crippen molar-refractivity contribution < 1.29 is 5.11 Å². The summed E-state index contributed by atoms with van der Waals surface area (Å²) in [6.07, 6.45) is 3.41. The smallest absolute Gasteiger partial charge is 0.0932 e. The Kier molecular flexibility index (Phi) is 2.82. The molecule has 1 fully saturated rings. The summed E-state index contributed by atoms with van der Waals surface area (Å²) in [6.45, 7) is 2.87. The van der Waals surface area contributed by atoms with Gasteiger partial charge in [-0.05, 0) is 24.5 Å². The molecule has 1 aromatic heterocycles. The van der Waals surface area contributed by atoms with Crippen LogP contribution in [0.3, 0.4) is 0 Å². The number of aliphatic hydroxyl groups is 1. The second-order valence-corrected chi connectivity index (χ2v) is 4.72. The number of hydrogen-bond donors (Lipinski definition) is 2. The van der Waals surface area contributed by atoms with Crippen molar-refractivity contribution in [3.8, 4) is 0 Å². The topological polar surface area (TPSA) is 52.1 Å². The summed E-state index contributed by atoms with van der Waals surface area (Å²) < 4.78 is 0. The summed E-state index contributed by atoms with van der Waals surface area (Å²) in [6, 6.07) is 6.24. The zero-order valence-electron chi connectivity index (χ0n) is 9.76. The number of fused-ring (bicyclic) bond motifs is 1. The van der Waals surface area contributed by atoms with E-state index in [9.17, 15) is 5.11 Å². The van der Waals surface area contributed by atoms with Gasteiger partial charge in [0.1, 0.15) is 0 Å². The molecule has 4 heteroatoms. The molecule has 17 heavy (non-hydrogen) atoms. The van der Waals surface area contributed by atoms with Crippen LogP contribution in [0.4, 0.5) is 0 Å². The molecule has 0 radical (unpaired) electrons. The standard InChI is InChI=1S/C13H17N3O/c17-11-4-6-16(7-5-11)8-10-2-1-3-12-13(10)15-9-14-12/h1-3,9,11,17H,4-8H2,(H,14,15). The summed E-state index contributed by atoms with van der Waals surface area (Å²) in [4.78, 5) is 9.89. The third-order valence-electron chi connectivity index (χ3n) is 3.48. The molecule has 0 spiro atoms. The number of rotatable bonds is 2. The minimum atomic E-state index is -0.104. The van der Waals surface area contributed by atoms with Crippen LogP contribution in [0.15, 0.2) is 24.5 Å². The van der Waals surface area contributed by atoms with Gasteiger partial charge in [0.15, 0.2) is 0 Å². The SMILES string of the molecule is OC1CCN(Cc2cccc3[nH]cnc23)CC1. The first-order valence-corrected chi connectivity index (χ1v) is 6.14. The normalized spacial score (nSPS) is 18.9. The Morgan fingerprint density at radius 1 is 1.35 bits per heavy atom. The second kappa shape index (κ2) is 4.47. The van der Waals surface area contributed by atoms with Gasteiger partial charge in [0, 0.05) is 19.6 Å². The molecule has 0 unspecified atom stereocenters. The number of para-hydroxylation sites is 1. The molecule has 1 saturated heterocycles. The third kappa shape index (κ3) is 2.18. The van der Waals surface area contributed by atoms with Crippen LogP contribution < -0.4 is 0 Å².